The molecule has 1 amide bonds. The number of benzene rings is 1. The van der Waals surface area contributed by atoms with Crippen molar-refractivity contribution in [1.82, 2.24) is 14.3 Å². The molecule has 1 aliphatic rings. The molecule has 2 atom stereocenters. The fourth-order valence-electron chi connectivity index (χ4n) is 3.83. The third kappa shape index (κ3) is 4.84. The van der Waals surface area contributed by atoms with Gasteiger partial charge in [-0.05, 0) is 44.5 Å². The molecule has 2 aromatic heterocycles. The zero-order valence-electron chi connectivity index (χ0n) is 20.2. The molecule has 3 aromatic rings. The van der Waals surface area contributed by atoms with E-state index in [0.29, 0.717) is 5.56 Å². The number of nitrogens with one attached hydrogen (secondary N) is 1. The Hall–Kier alpha value is -2.08. The molecule has 1 aromatic carbocycles. The van der Waals surface area contributed by atoms with E-state index in [-0.39, 0.29) is 60.7 Å². The third-order valence-electron chi connectivity index (χ3n) is 5.67. The predicted octanol–water partition coefficient (Wildman–Crippen LogP) is 0.877. The van der Waals surface area contributed by atoms with E-state index in [4.69, 9.17) is 0 Å². The average Bonchev–Trinajstić information content (AvgIpc) is 3.31. The Labute approximate surface area is 219 Å². The van der Waals surface area contributed by atoms with Crippen molar-refractivity contribution >= 4 is 27.1 Å². The van der Waals surface area contributed by atoms with Crippen LogP contribution >= 0.6 is 0 Å². The minimum atomic E-state index is -4.04. The molecule has 1 aliphatic heterocycles. The molecule has 7 nitrogen and oxygen atoms in total. The van der Waals surface area contributed by atoms with Crippen LogP contribution < -0.4 is 39.2 Å². The number of nitrogens with zero attached hydrogens (tertiary/aromatic N) is 3. The first-order valence-electron chi connectivity index (χ1n) is 10.3. The molecule has 1 unspecified atom stereocenters. The number of pyridine rings is 1. The van der Waals surface area contributed by atoms with Gasteiger partial charge >= 0.3 is 29.6 Å². The van der Waals surface area contributed by atoms with Crippen molar-refractivity contribution in [3.63, 3.8) is 0 Å². The van der Waals surface area contributed by atoms with Crippen LogP contribution in [0.5, 0.6) is 0 Å². The smallest absolute Gasteiger partial charge is 1.00 e. The van der Waals surface area contributed by atoms with E-state index < -0.39 is 44.5 Å². The summed E-state index contributed by atoms with van der Waals surface area (Å²) in [6.45, 7) is 4.14. The van der Waals surface area contributed by atoms with Gasteiger partial charge in [0.2, 0.25) is 10.0 Å². The minimum absolute atomic E-state index is 0. The Balaban J connectivity index is 0.00000216. The van der Waals surface area contributed by atoms with Crippen molar-refractivity contribution in [2.75, 3.05) is 11.4 Å². The summed E-state index contributed by atoms with van der Waals surface area (Å²) < 4.78 is 70.4. The number of alkyl halides is 1. The monoisotopic (exact) mass is 504 g/mol. The van der Waals surface area contributed by atoms with Crippen molar-refractivity contribution in [2.45, 2.75) is 44.2 Å². The summed E-state index contributed by atoms with van der Waals surface area (Å²) in [7, 11) is -4.04. The number of carbonyl (C=O) groups is 1. The molecule has 1 saturated heterocycles. The number of aromatic nitrogens is 2. The van der Waals surface area contributed by atoms with Crippen LogP contribution in [0.15, 0.2) is 42.7 Å². The largest absolute Gasteiger partial charge is 1.00 e. The molecule has 0 aliphatic carbocycles. The van der Waals surface area contributed by atoms with Crippen LogP contribution in [0.4, 0.5) is 18.9 Å². The first-order chi connectivity index (χ1) is 15.4. The maximum atomic E-state index is 15.7. The third-order valence-corrected chi connectivity index (χ3v) is 7.74. The molecule has 34 heavy (non-hydrogen) atoms. The molecule has 0 saturated carbocycles. The van der Waals surface area contributed by atoms with E-state index in [0.717, 1.165) is 10.7 Å². The Kier molecular flexibility index (Phi) is 7.43. The van der Waals surface area contributed by atoms with Gasteiger partial charge in [0, 0.05) is 19.2 Å². The number of hydrogen-bond acceptors (Lipinski definition) is 5. The van der Waals surface area contributed by atoms with Crippen LogP contribution in [0.2, 0.25) is 0 Å². The van der Waals surface area contributed by atoms with Crippen molar-refractivity contribution in [2.24, 2.45) is 0 Å². The van der Waals surface area contributed by atoms with Gasteiger partial charge in [-0.15, -0.1) is 0 Å². The number of halogens is 3. The number of carbonyl (C=O) groups excluding carboxylic acids is 1. The molecule has 12 heteroatoms. The van der Waals surface area contributed by atoms with Gasteiger partial charge in [0.25, 0.3) is 5.91 Å². The van der Waals surface area contributed by atoms with E-state index in [1.807, 2.05) is 4.72 Å². The Morgan fingerprint density at radius 3 is 2.59 bits per heavy atom. The summed E-state index contributed by atoms with van der Waals surface area (Å²) in [5.74, 6) is -2.37. The van der Waals surface area contributed by atoms with Gasteiger partial charge in [0.15, 0.2) is 5.82 Å². The van der Waals surface area contributed by atoms with Gasteiger partial charge in [-0.3, -0.25) is 4.79 Å². The number of anilines is 1. The van der Waals surface area contributed by atoms with E-state index in [1.54, 1.807) is 6.07 Å². The number of fused-ring (bicyclic) bond motifs is 1. The predicted molar refractivity (Wildman–Crippen MR) is 118 cm³/mol. The van der Waals surface area contributed by atoms with E-state index in [1.165, 1.54) is 56.1 Å². The Morgan fingerprint density at radius 1 is 1.24 bits per heavy atom. The van der Waals surface area contributed by atoms with Crippen molar-refractivity contribution < 1.29 is 57.4 Å². The van der Waals surface area contributed by atoms with Gasteiger partial charge in [0.05, 0.1) is 28.2 Å². The van der Waals surface area contributed by atoms with E-state index >= 15 is 4.39 Å². The van der Waals surface area contributed by atoms with Crippen LogP contribution in [0, 0.1) is 11.6 Å². The Bertz CT molecular complexity index is 1350. The molecule has 3 heterocycles. The first kappa shape index (κ1) is 26.5. The SMILES string of the molecule is CC(C)(C)S(=O)(=O)NC(=O)c1cnn2ccc(N3C[C@@H](F)CC3c3cccc(F)c3)c(F)c12.[H-].[Na+]. The van der Waals surface area contributed by atoms with Crippen LogP contribution in [-0.4, -0.2) is 41.4 Å². The van der Waals surface area contributed by atoms with E-state index in [2.05, 4.69) is 5.10 Å². The average molecular weight is 505 g/mol. The molecule has 4 rings (SSSR count). The maximum Gasteiger partial charge on any atom is 1.00 e. The summed E-state index contributed by atoms with van der Waals surface area (Å²) in [5.41, 5.74) is -0.0165. The second-order valence-electron chi connectivity index (χ2n) is 8.97. The molecule has 1 fully saturated rings. The van der Waals surface area contributed by atoms with Crippen LogP contribution in [0.3, 0.4) is 0 Å². The first-order valence-corrected chi connectivity index (χ1v) is 11.8. The molecule has 178 valence electrons. The van der Waals surface area contributed by atoms with Crippen LogP contribution in [-0.2, 0) is 10.0 Å². The molecule has 0 radical (unpaired) electrons. The molecule has 1 N–H and O–H groups in total. The standard InChI is InChI=1S/C22H23F3N4O3S.Na.H/c1-22(2,3)33(31,32)27-21(30)16-11-26-29-8-7-17(19(25)20(16)29)28-12-15(24)10-18(28)13-5-4-6-14(23)9-13;;/h4-9,11,15,18H,10,12H2,1-3H3,(H,27,30);;/q;+1;-1/t15-,18?;;/m0../s1. The Morgan fingerprint density at radius 2 is 1.94 bits per heavy atom. The zero-order chi connectivity index (χ0) is 24.1. The summed E-state index contributed by atoms with van der Waals surface area (Å²) >= 11 is 0. The summed E-state index contributed by atoms with van der Waals surface area (Å²) in [5, 5.41) is 3.94. The summed E-state index contributed by atoms with van der Waals surface area (Å²) in [6, 6.07) is 6.47. The normalized spacial score (nSPS) is 18.7. The molecule has 0 spiro atoms. The van der Waals surface area contributed by atoms with Crippen LogP contribution in [0.25, 0.3) is 5.52 Å². The second kappa shape index (κ2) is 9.52. The summed E-state index contributed by atoms with van der Waals surface area (Å²) in [6.07, 6.45) is 1.25. The molecular weight excluding hydrogens is 480 g/mol. The molecule has 0 bridgehead atoms. The number of sulfonamides is 1. The van der Waals surface area contributed by atoms with Gasteiger partial charge in [-0.2, -0.15) is 5.10 Å². The van der Waals surface area contributed by atoms with Gasteiger partial charge in [-0.1, -0.05) is 12.1 Å². The fraction of sp³-hybridized carbons (Fsp3) is 0.364. The molecular formula is C22H24F3N4NaO3S. The quantitative estimate of drug-likeness (QED) is 0.534. The number of hydrogen-bond donors (Lipinski definition) is 1. The van der Waals surface area contributed by atoms with Gasteiger partial charge < -0.3 is 6.33 Å². The van der Waals surface area contributed by atoms with Crippen molar-refractivity contribution in [3.05, 3.63) is 65.5 Å². The number of amides is 1. The number of rotatable bonds is 4. The van der Waals surface area contributed by atoms with Crippen molar-refractivity contribution in [1.29, 1.82) is 0 Å². The topological polar surface area (TPSA) is 83.8 Å². The summed E-state index contributed by atoms with van der Waals surface area (Å²) in [4.78, 5) is 14.2. The van der Waals surface area contributed by atoms with E-state index in [9.17, 15) is 22.0 Å². The fourth-order valence-corrected chi connectivity index (χ4v) is 4.49. The van der Waals surface area contributed by atoms with Gasteiger partial charge in [-0.25, -0.2) is 30.8 Å². The zero-order valence-corrected chi connectivity index (χ0v) is 22.0. The second-order valence-corrected chi connectivity index (χ2v) is 11.4. The van der Waals surface area contributed by atoms with Gasteiger partial charge in [0.1, 0.15) is 17.5 Å². The van der Waals surface area contributed by atoms with Crippen LogP contribution in [0.1, 0.15) is 50.6 Å². The maximum absolute atomic E-state index is 15.7. The van der Waals surface area contributed by atoms with Crippen molar-refractivity contribution in [3.8, 4) is 0 Å². The minimum Gasteiger partial charge on any atom is -1.00 e.